The highest BCUT2D eigenvalue weighted by atomic mass is 19.2. The highest BCUT2D eigenvalue weighted by Crippen LogP contribution is 2.27. The van der Waals surface area contributed by atoms with E-state index >= 15 is 0 Å². The summed E-state index contributed by atoms with van der Waals surface area (Å²) in [5.41, 5.74) is 0. The number of hydrogen-bond donors (Lipinski definition) is 1. The van der Waals surface area contributed by atoms with Crippen molar-refractivity contribution < 1.29 is 18.3 Å². The third kappa shape index (κ3) is 2.58. The molecule has 1 aromatic heterocycles. The number of rotatable bonds is 3. The maximum absolute atomic E-state index is 13.7. The van der Waals surface area contributed by atoms with Crippen LogP contribution >= 0.6 is 0 Å². The van der Waals surface area contributed by atoms with Crippen LogP contribution in [0, 0.1) is 17.6 Å². The predicted octanol–water partition coefficient (Wildman–Crippen LogP) is 2.24. The fraction of sp³-hybridized carbons (Fsp3) is 0.583. The summed E-state index contributed by atoms with van der Waals surface area (Å²) in [6.45, 7) is 0.520. The number of nitrogens with zero attached hydrogens (tertiary/aromatic N) is 2. The van der Waals surface area contributed by atoms with E-state index in [0.717, 1.165) is 19.3 Å². The lowest BCUT2D eigenvalue weighted by Crippen LogP contribution is -2.41. The minimum Gasteiger partial charge on any atom is -0.396 e. The molecule has 6 heteroatoms. The molecular formula is C12H15F3N2O. The van der Waals surface area contributed by atoms with Crippen molar-refractivity contribution in [1.82, 2.24) is 4.98 Å². The highest BCUT2D eigenvalue weighted by Gasteiger charge is 2.26. The van der Waals surface area contributed by atoms with Crippen molar-refractivity contribution in [1.29, 1.82) is 0 Å². The van der Waals surface area contributed by atoms with Crippen molar-refractivity contribution in [2.45, 2.75) is 31.7 Å². The van der Waals surface area contributed by atoms with Gasteiger partial charge in [-0.25, -0.2) is 8.78 Å². The molecule has 100 valence electrons. The molecule has 0 radical (unpaired) electrons. The van der Waals surface area contributed by atoms with Crippen molar-refractivity contribution in [2.75, 3.05) is 18.1 Å². The molecule has 0 spiro atoms. The number of anilines is 1. The van der Waals surface area contributed by atoms with E-state index in [2.05, 4.69) is 4.98 Å². The quantitative estimate of drug-likeness (QED) is 0.847. The maximum Gasteiger partial charge on any atom is 0.251 e. The fourth-order valence-electron chi connectivity index (χ4n) is 2.37. The van der Waals surface area contributed by atoms with Crippen LogP contribution in [0.1, 0.15) is 25.7 Å². The lowest BCUT2D eigenvalue weighted by molar-refractivity contribution is 0.261. The van der Waals surface area contributed by atoms with Gasteiger partial charge in [0.05, 0.1) is 0 Å². The molecule has 1 aliphatic rings. The van der Waals surface area contributed by atoms with Gasteiger partial charge >= 0.3 is 0 Å². The van der Waals surface area contributed by atoms with E-state index in [1.54, 1.807) is 4.90 Å². The van der Waals surface area contributed by atoms with Crippen molar-refractivity contribution in [2.24, 2.45) is 0 Å². The Morgan fingerprint density at radius 2 is 2.06 bits per heavy atom. The number of hydrogen-bond acceptors (Lipinski definition) is 3. The van der Waals surface area contributed by atoms with E-state index < -0.39 is 17.6 Å². The molecule has 1 aromatic rings. The van der Waals surface area contributed by atoms with Crippen LogP contribution in [0.25, 0.3) is 0 Å². The van der Waals surface area contributed by atoms with Crippen LogP contribution in [0.5, 0.6) is 0 Å². The maximum atomic E-state index is 13.7. The number of piperidine rings is 1. The van der Waals surface area contributed by atoms with Crippen molar-refractivity contribution in [3.05, 3.63) is 23.6 Å². The molecule has 1 fully saturated rings. The predicted molar refractivity (Wildman–Crippen MR) is 60.8 cm³/mol. The van der Waals surface area contributed by atoms with Gasteiger partial charge < -0.3 is 10.0 Å². The number of pyridine rings is 1. The Morgan fingerprint density at radius 3 is 2.78 bits per heavy atom. The van der Waals surface area contributed by atoms with Gasteiger partial charge in [0.2, 0.25) is 0 Å². The normalized spacial score (nSPS) is 20.2. The Morgan fingerprint density at radius 1 is 1.28 bits per heavy atom. The first-order valence-electron chi connectivity index (χ1n) is 6.02. The second kappa shape index (κ2) is 5.56. The number of aromatic nitrogens is 1. The molecule has 0 saturated carbocycles. The van der Waals surface area contributed by atoms with Crippen LogP contribution in [0.4, 0.5) is 19.0 Å². The molecule has 1 N–H and O–H groups in total. The topological polar surface area (TPSA) is 36.4 Å². The molecular weight excluding hydrogens is 245 g/mol. The Hall–Kier alpha value is -1.30. The van der Waals surface area contributed by atoms with Gasteiger partial charge in [-0.3, -0.25) is 0 Å². The molecule has 1 aliphatic heterocycles. The van der Waals surface area contributed by atoms with Crippen LogP contribution in [0.3, 0.4) is 0 Å². The van der Waals surface area contributed by atoms with Crippen LogP contribution < -0.4 is 4.90 Å². The molecule has 0 aliphatic carbocycles. The Bertz CT molecular complexity index is 426. The first kappa shape index (κ1) is 13.1. The van der Waals surface area contributed by atoms with E-state index in [1.165, 1.54) is 0 Å². The van der Waals surface area contributed by atoms with Crippen LogP contribution in [-0.4, -0.2) is 29.3 Å². The van der Waals surface area contributed by atoms with E-state index in [-0.39, 0.29) is 18.5 Å². The average Bonchev–Trinajstić information content (AvgIpc) is 2.35. The van der Waals surface area contributed by atoms with Gasteiger partial charge in [0.25, 0.3) is 5.95 Å². The summed E-state index contributed by atoms with van der Waals surface area (Å²) in [5.74, 6) is -3.60. The lowest BCUT2D eigenvalue weighted by Gasteiger charge is -2.36. The number of aliphatic hydroxyl groups is 1. The first-order valence-corrected chi connectivity index (χ1v) is 6.02. The van der Waals surface area contributed by atoms with Gasteiger partial charge in [-0.1, -0.05) is 0 Å². The van der Waals surface area contributed by atoms with Gasteiger partial charge in [-0.05, 0) is 25.7 Å². The second-order valence-electron chi connectivity index (χ2n) is 4.42. The van der Waals surface area contributed by atoms with E-state index in [1.807, 2.05) is 0 Å². The van der Waals surface area contributed by atoms with Gasteiger partial charge in [-0.15, -0.1) is 0 Å². The molecule has 1 unspecified atom stereocenters. The highest BCUT2D eigenvalue weighted by molar-refractivity contribution is 5.42. The fourth-order valence-corrected chi connectivity index (χ4v) is 2.37. The summed E-state index contributed by atoms with van der Waals surface area (Å²) < 4.78 is 39.6. The SMILES string of the molecule is OCCC1CCCCN1c1nc(F)c(F)cc1F. The largest absolute Gasteiger partial charge is 0.396 e. The first-order chi connectivity index (χ1) is 8.63. The van der Waals surface area contributed by atoms with Gasteiger partial charge in [0.1, 0.15) is 0 Å². The zero-order valence-electron chi connectivity index (χ0n) is 9.87. The van der Waals surface area contributed by atoms with E-state index in [0.29, 0.717) is 19.0 Å². The van der Waals surface area contributed by atoms with Gasteiger partial charge in [-0.2, -0.15) is 9.37 Å². The number of aliphatic hydroxyl groups excluding tert-OH is 1. The van der Waals surface area contributed by atoms with Crippen molar-refractivity contribution in [3.8, 4) is 0 Å². The smallest absolute Gasteiger partial charge is 0.251 e. The molecule has 0 amide bonds. The molecule has 3 nitrogen and oxygen atoms in total. The van der Waals surface area contributed by atoms with Gasteiger partial charge in [0.15, 0.2) is 17.5 Å². The zero-order chi connectivity index (χ0) is 13.1. The van der Waals surface area contributed by atoms with Crippen LogP contribution in [0.2, 0.25) is 0 Å². The average molecular weight is 260 g/mol. The molecule has 0 aromatic carbocycles. The van der Waals surface area contributed by atoms with Crippen molar-refractivity contribution >= 4 is 5.82 Å². The van der Waals surface area contributed by atoms with E-state index in [4.69, 9.17) is 5.11 Å². The summed E-state index contributed by atoms with van der Waals surface area (Å²) in [6, 6.07) is 0.443. The summed E-state index contributed by atoms with van der Waals surface area (Å²) in [7, 11) is 0. The third-order valence-electron chi connectivity index (χ3n) is 3.23. The zero-order valence-corrected chi connectivity index (χ0v) is 9.87. The Labute approximate surface area is 103 Å². The monoisotopic (exact) mass is 260 g/mol. The Kier molecular flexibility index (Phi) is 4.06. The molecule has 0 bridgehead atoms. The minimum absolute atomic E-state index is 0.0214. The summed E-state index contributed by atoms with van der Waals surface area (Å²) >= 11 is 0. The summed E-state index contributed by atoms with van der Waals surface area (Å²) in [5, 5.41) is 8.98. The molecule has 2 heterocycles. The third-order valence-corrected chi connectivity index (χ3v) is 3.23. The Balaban J connectivity index is 2.30. The standard InChI is InChI=1S/C12H15F3N2O/c13-9-7-10(14)12(16-11(9)15)17-5-2-1-3-8(17)4-6-18/h7-8,18H,1-6H2. The van der Waals surface area contributed by atoms with E-state index in [9.17, 15) is 13.2 Å². The molecule has 2 rings (SSSR count). The molecule has 1 saturated heterocycles. The van der Waals surface area contributed by atoms with Gasteiger partial charge in [0, 0.05) is 25.3 Å². The van der Waals surface area contributed by atoms with Crippen LogP contribution in [-0.2, 0) is 0 Å². The second-order valence-corrected chi connectivity index (χ2v) is 4.42. The number of halogens is 3. The summed E-state index contributed by atoms with van der Waals surface area (Å²) in [4.78, 5) is 4.98. The minimum atomic E-state index is -1.29. The van der Waals surface area contributed by atoms with Crippen molar-refractivity contribution in [3.63, 3.8) is 0 Å². The summed E-state index contributed by atoms with van der Waals surface area (Å²) in [6.07, 6.45) is 3.09. The molecule has 18 heavy (non-hydrogen) atoms. The lowest BCUT2D eigenvalue weighted by atomic mass is 9.99. The molecule has 1 atom stereocenters. The van der Waals surface area contributed by atoms with Crippen LogP contribution in [0.15, 0.2) is 6.07 Å².